The Hall–Kier alpha value is -1.37. The van der Waals surface area contributed by atoms with Gasteiger partial charge >= 0.3 is 0 Å². The number of hydrogen-bond acceptors (Lipinski definition) is 1. The van der Waals surface area contributed by atoms with Crippen LogP contribution in [-0.4, -0.2) is 5.78 Å². The fraction of sp³-hybridized carbons (Fsp3) is 0.250. The first-order valence-electron chi connectivity index (χ1n) is 4.34. The molecule has 1 aromatic carbocycles. The van der Waals surface area contributed by atoms with Gasteiger partial charge in [-0.1, -0.05) is 36.4 Å². The van der Waals surface area contributed by atoms with Crippen molar-refractivity contribution in [3.63, 3.8) is 0 Å². The quantitative estimate of drug-likeness (QED) is 0.508. The Morgan fingerprint density at radius 3 is 2.15 bits per heavy atom. The van der Waals surface area contributed by atoms with Gasteiger partial charge in [0, 0.05) is 5.56 Å². The van der Waals surface area contributed by atoms with E-state index in [9.17, 15) is 4.79 Å². The number of hydrogen-bond donors (Lipinski definition) is 0. The summed E-state index contributed by atoms with van der Waals surface area (Å²) in [6.45, 7) is 7.42. The van der Waals surface area contributed by atoms with E-state index >= 15 is 0 Å². The fourth-order valence-electron chi connectivity index (χ4n) is 1.21. The van der Waals surface area contributed by atoms with Crippen LogP contribution in [0.25, 0.3) is 0 Å². The molecule has 0 aliphatic rings. The average Bonchev–Trinajstić information content (AvgIpc) is 2.04. The first-order chi connectivity index (χ1) is 6.09. The molecule has 0 saturated heterocycles. The lowest BCUT2D eigenvalue weighted by Crippen LogP contribution is -1.92. The summed E-state index contributed by atoms with van der Waals surface area (Å²) in [6, 6.07) is 7.68. The minimum absolute atomic E-state index is 0.113. The first kappa shape index (κ1) is 9.72. The molecule has 0 saturated carbocycles. The number of carbonyl (C=O) groups is 1. The molecular weight excluding hydrogens is 160 g/mol. The molecule has 0 bridgehead atoms. The maximum atomic E-state index is 11.0. The van der Waals surface area contributed by atoms with Gasteiger partial charge in [-0.25, -0.2) is 0 Å². The highest BCUT2D eigenvalue weighted by molar-refractivity contribution is 5.93. The van der Waals surface area contributed by atoms with Crippen LogP contribution >= 0.6 is 0 Å². The summed E-state index contributed by atoms with van der Waals surface area (Å²) >= 11 is 0. The Labute approximate surface area is 79.1 Å². The van der Waals surface area contributed by atoms with Gasteiger partial charge in [0.2, 0.25) is 0 Å². The van der Waals surface area contributed by atoms with Crippen molar-refractivity contribution in [3.05, 3.63) is 47.5 Å². The van der Waals surface area contributed by atoms with E-state index in [1.54, 1.807) is 6.92 Å². The summed E-state index contributed by atoms with van der Waals surface area (Å²) in [7, 11) is 0. The van der Waals surface area contributed by atoms with Gasteiger partial charge in [0.15, 0.2) is 5.78 Å². The number of ketones is 1. The normalized spacial score (nSPS) is 9.69. The first-order valence-corrected chi connectivity index (χ1v) is 4.34. The molecule has 0 aromatic heterocycles. The molecule has 13 heavy (non-hydrogen) atoms. The summed E-state index contributed by atoms with van der Waals surface area (Å²) in [5.74, 6) is 0.113. The standard InChI is InChI=1S/C12H14O/c1-9(2)8-11-4-6-12(7-5-11)10(3)13/h4-7H,1,8H2,2-3H3. The maximum Gasteiger partial charge on any atom is 0.159 e. The number of carbonyl (C=O) groups excluding carboxylic acids is 1. The highest BCUT2D eigenvalue weighted by Crippen LogP contribution is 2.08. The van der Waals surface area contributed by atoms with Crippen LogP contribution < -0.4 is 0 Å². The Bertz CT molecular complexity index is 319. The monoisotopic (exact) mass is 174 g/mol. The molecule has 1 rings (SSSR count). The molecule has 0 atom stereocenters. The molecular formula is C12H14O. The SMILES string of the molecule is C=C(C)Cc1ccc(C(C)=O)cc1. The summed E-state index contributed by atoms with van der Waals surface area (Å²) in [5.41, 5.74) is 3.11. The Balaban J connectivity index is 2.81. The maximum absolute atomic E-state index is 11.0. The lowest BCUT2D eigenvalue weighted by molar-refractivity contribution is 0.101. The summed E-state index contributed by atoms with van der Waals surface area (Å²) in [6.07, 6.45) is 0.887. The second-order valence-electron chi connectivity index (χ2n) is 3.39. The smallest absolute Gasteiger partial charge is 0.159 e. The van der Waals surface area contributed by atoms with Crippen LogP contribution in [0.5, 0.6) is 0 Å². The second-order valence-corrected chi connectivity index (χ2v) is 3.39. The topological polar surface area (TPSA) is 17.1 Å². The van der Waals surface area contributed by atoms with Crippen LogP contribution in [0.1, 0.15) is 29.8 Å². The van der Waals surface area contributed by atoms with Crippen LogP contribution in [0.2, 0.25) is 0 Å². The van der Waals surface area contributed by atoms with Crippen molar-refractivity contribution in [3.8, 4) is 0 Å². The molecule has 0 spiro atoms. The van der Waals surface area contributed by atoms with Gasteiger partial charge in [-0.3, -0.25) is 4.79 Å². The van der Waals surface area contributed by atoms with Gasteiger partial charge in [0.1, 0.15) is 0 Å². The molecule has 0 unspecified atom stereocenters. The third-order valence-corrected chi connectivity index (χ3v) is 1.87. The van der Waals surface area contributed by atoms with E-state index in [1.165, 1.54) is 5.56 Å². The number of Topliss-reactive ketones (excluding diaryl/α,β-unsaturated/α-hetero) is 1. The van der Waals surface area contributed by atoms with E-state index in [0.717, 1.165) is 17.6 Å². The van der Waals surface area contributed by atoms with Crippen LogP contribution in [0.4, 0.5) is 0 Å². The van der Waals surface area contributed by atoms with Gasteiger partial charge in [-0.15, -0.1) is 0 Å². The third-order valence-electron chi connectivity index (χ3n) is 1.87. The van der Waals surface area contributed by atoms with Crippen molar-refractivity contribution in [2.75, 3.05) is 0 Å². The molecule has 1 heteroatoms. The van der Waals surface area contributed by atoms with Crippen LogP contribution in [-0.2, 0) is 6.42 Å². The van der Waals surface area contributed by atoms with Gasteiger partial charge in [-0.05, 0) is 25.8 Å². The van der Waals surface area contributed by atoms with E-state index < -0.39 is 0 Å². The van der Waals surface area contributed by atoms with E-state index in [0.29, 0.717) is 0 Å². The summed E-state index contributed by atoms with van der Waals surface area (Å²) in [4.78, 5) is 11.0. The predicted molar refractivity (Wildman–Crippen MR) is 55.0 cm³/mol. The van der Waals surface area contributed by atoms with Crippen molar-refractivity contribution in [2.24, 2.45) is 0 Å². The Morgan fingerprint density at radius 2 is 1.77 bits per heavy atom. The minimum Gasteiger partial charge on any atom is -0.295 e. The van der Waals surface area contributed by atoms with Crippen molar-refractivity contribution in [1.29, 1.82) is 0 Å². The minimum atomic E-state index is 0.113. The molecule has 1 nitrogen and oxygen atoms in total. The lowest BCUT2D eigenvalue weighted by Gasteiger charge is -2.01. The van der Waals surface area contributed by atoms with Gasteiger partial charge < -0.3 is 0 Å². The average molecular weight is 174 g/mol. The molecule has 0 N–H and O–H groups in total. The highest BCUT2D eigenvalue weighted by atomic mass is 16.1. The fourth-order valence-corrected chi connectivity index (χ4v) is 1.21. The van der Waals surface area contributed by atoms with E-state index in [-0.39, 0.29) is 5.78 Å². The van der Waals surface area contributed by atoms with E-state index in [2.05, 4.69) is 6.58 Å². The van der Waals surface area contributed by atoms with E-state index in [4.69, 9.17) is 0 Å². The zero-order valence-corrected chi connectivity index (χ0v) is 8.13. The molecule has 0 aliphatic heterocycles. The van der Waals surface area contributed by atoms with E-state index in [1.807, 2.05) is 31.2 Å². The highest BCUT2D eigenvalue weighted by Gasteiger charge is 1.98. The van der Waals surface area contributed by atoms with Gasteiger partial charge in [0.25, 0.3) is 0 Å². The van der Waals surface area contributed by atoms with Crippen molar-refractivity contribution < 1.29 is 4.79 Å². The zero-order valence-electron chi connectivity index (χ0n) is 8.13. The zero-order chi connectivity index (χ0) is 9.84. The van der Waals surface area contributed by atoms with Gasteiger partial charge in [-0.2, -0.15) is 0 Å². The van der Waals surface area contributed by atoms with Crippen molar-refractivity contribution >= 4 is 5.78 Å². The Morgan fingerprint density at radius 1 is 1.23 bits per heavy atom. The molecule has 0 radical (unpaired) electrons. The molecule has 0 aliphatic carbocycles. The predicted octanol–water partition coefficient (Wildman–Crippen LogP) is 3.01. The second kappa shape index (κ2) is 4.04. The molecule has 0 heterocycles. The number of rotatable bonds is 3. The largest absolute Gasteiger partial charge is 0.295 e. The van der Waals surface area contributed by atoms with Gasteiger partial charge in [0.05, 0.1) is 0 Å². The van der Waals surface area contributed by atoms with Crippen LogP contribution in [0.3, 0.4) is 0 Å². The van der Waals surface area contributed by atoms with Crippen LogP contribution in [0.15, 0.2) is 36.4 Å². The summed E-state index contributed by atoms with van der Waals surface area (Å²) in [5, 5.41) is 0. The molecule has 68 valence electrons. The number of allylic oxidation sites excluding steroid dienone is 1. The third kappa shape index (κ3) is 2.86. The molecule has 0 fully saturated rings. The van der Waals surface area contributed by atoms with Crippen LogP contribution in [0, 0.1) is 0 Å². The number of benzene rings is 1. The molecule has 0 amide bonds. The molecule has 1 aromatic rings. The Kier molecular flexibility index (Phi) is 3.02. The van der Waals surface area contributed by atoms with Crippen molar-refractivity contribution in [2.45, 2.75) is 20.3 Å². The lowest BCUT2D eigenvalue weighted by atomic mass is 10.0. The summed E-state index contributed by atoms with van der Waals surface area (Å²) < 4.78 is 0. The van der Waals surface area contributed by atoms with Crippen molar-refractivity contribution in [1.82, 2.24) is 0 Å².